The number of pyridine rings is 1. The molecular formula is C19H24N4O2. The quantitative estimate of drug-likeness (QED) is 0.925. The summed E-state index contributed by atoms with van der Waals surface area (Å²) in [5.41, 5.74) is 2.81. The maximum Gasteiger partial charge on any atom is 0.255 e. The van der Waals surface area contributed by atoms with E-state index in [1.807, 2.05) is 13.0 Å². The molecule has 1 aliphatic carbocycles. The van der Waals surface area contributed by atoms with E-state index < -0.39 is 0 Å². The third kappa shape index (κ3) is 3.58. The van der Waals surface area contributed by atoms with Crippen LogP contribution in [-0.4, -0.2) is 32.5 Å². The van der Waals surface area contributed by atoms with Crippen LogP contribution in [0, 0.1) is 6.92 Å². The van der Waals surface area contributed by atoms with E-state index in [4.69, 9.17) is 4.74 Å². The third-order valence-corrected chi connectivity index (χ3v) is 5.09. The lowest BCUT2D eigenvalue weighted by molar-refractivity contribution is 0.189. The van der Waals surface area contributed by atoms with Crippen molar-refractivity contribution in [1.82, 2.24) is 19.9 Å². The Morgan fingerprint density at radius 3 is 3.04 bits per heavy atom. The molecule has 3 heterocycles. The molecule has 132 valence electrons. The van der Waals surface area contributed by atoms with E-state index in [0.717, 1.165) is 55.1 Å². The smallest absolute Gasteiger partial charge is 0.255 e. The first-order chi connectivity index (χ1) is 12.2. The summed E-state index contributed by atoms with van der Waals surface area (Å²) in [7, 11) is 0. The molecule has 4 rings (SSSR count). The van der Waals surface area contributed by atoms with Crippen molar-refractivity contribution in [3.8, 4) is 5.88 Å². The molecule has 0 atom stereocenters. The Kier molecular flexibility index (Phi) is 4.53. The zero-order valence-electron chi connectivity index (χ0n) is 14.6. The van der Waals surface area contributed by atoms with Gasteiger partial charge in [-0.2, -0.15) is 0 Å². The van der Waals surface area contributed by atoms with Gasteiger partial charge in [-0.05, 0) is 38.7 Å². The number of aromatic amines is 1. The number of H-pyrrole nitrogens is 1. The normalized spacial score (nSPS) is 18.3. The summed E-state index contributed by atoms with van der Waals surface area (Å²) in [4.78, 5) is 26.2. The highest BCUT2D eigenvalue weighted by Gasteiger charge is 2.23. The predicted octanol–water partition coefficient (Wildman–Crippen LogP) is 2.35. The van der Waals surface area contributed by atoms with Gasteiger partial charge in [-0.25, -0.2) is 9.97 Å². The first-order valence-electron chi connectivity index (χ1n) is 9.10. The van der Waals surface area contributed by atoms with Gasteiger partial charge in [0.2, 0.25) is 5.88 Å². The van der Waals surface area contributed by atoms with Gasteiger partial charge in [0.05, 0.1) is 11.3 Å². The Morgan fingerprint density at radius 2 is 2.20 bits per heavy atom. The molecule has 0 bridgehead atoms. The van der Waals surface area contributed by atoms with Gasteiger partial charge in [-0.1, -0.05) is 6.07 Å². The van der Waals surface area contributed by atoms with Crippen molar-refractivity contribution in [3.05, 3.63) is 51.3 Å². The van der Waals surface area contributed by atoms with E-state index in [0.29, 0.717) is 18.5 Å². The number of fused-ring (bicyclic) bond motifs is 1. The summed E-state index contributed by atoms with van der Waals surface area (Å²) in [6.07, 6.45) is 7.61. The van der Waals surface area contributed by atoms with Crippen molar-refractivity contribution < 1.29 is 4.74 Å². The molecule has 0 spiro atoms. The second-order valence-corrected chi connectivity index (χ2v) is 7.03. The van der Waals surface area contributed by atoms with E-state index in [2.05, 4.69) is 25.9 Å². The van der Waals surface area contributed by atoms with Crippen LogP contribution in [0.15, 0.2) is 23.1 Å². The molecule has 2 aromatic heterocycles. The average molecular weight is 340 g/mol. The lowest BCUT2D eigenvalue weighted by atomic mass is 10.1. The van der Waals surface area contributed by atoms with Crippen LogP contribution in [0.1, 0.15) is 48.3 Å². The Labute approximate surface area is 147 Å². The molecule has 0 amide bonds. The minimum atomic E-state index is -0.0131. The Balaban J connectivity index is 1.50. The molecule has 0 unspecified atom stereocenters. The highest BCUT2D eigenvalue weighted by molar-refractivity contribution is 5.27. The zero-order chi connectivity index (χ0) is 17.2. The second-order valence-electron chi connectivity index (χ2n) is 7.03. The van der Waals surface area contributed by atoms with E-state index in [1.165, 1.54) is 12.8 Å². The number of nitrogens with zero attached hydrogens (tertiary/aromatic N) is 3. The summed E-state index contributed by atoms with van der Waals surface area (Å²) in [5.74, 6) is 1.44. The van der Waals surface area contributed by atoms with Gasteiger partial charge in [-0.3, -0.25) is 9.69 Å². The van der Waals surface area contributed by atoms with Crippen LogP contribution in [-0.2, 0) is 19.5 Å². The van der Waals surface area contributed by atoms with Crippen molar-refractivity contribution in [2.75, 3.05) is 6.54 Å². The van der Waals surface area contributed by atoms with Crippen LogP contribution < -0.4 is 10.3 Å². The molecule has 6 nitrogen and oxygen atoms in total. The first-order valence-corrected chi connectivity index (χ1v) is 9.10. The van der Waals surface area contributed by atoms with Crippen LogP contribution in [0.5, 0.6) is 5.88 Å². The maximum absolute atomic E-state index is 12.2. The number of aryl methyl sites for hydroxylation is 1. The number of hydrogen-bond acceptors (Lipinski definition) is 5. The van der Waals surface area contributed by atoms with E-state index in [1.54, 1.807) is 6.20 Å². The molecular weight excluding hydrogens is 316 g/mol. The van der Waals surface area contributed by atoms with Crippen LogP contribution in [0.2, 0.25) is 0 Å². The molecule has 6 heteroatoms. The number of hydrogen-bond donors (Lipinski definition) is 1. The van der Waals surface area contributed by atoms with E-state index in [-0.39, 0.29) is 5.56 Å². The molecule has 0 aromatic carbocycles. The monoisotopic (exact) mass is 340 g/mol. The van der Waals surface area contributed by atoms with Crippen molar-refractivity contribution in [3.63, 3.8) is 0 Å². The molecule has 0 saturated heterocycles. The largest absolute Gasteiger partial charge is 0.474 e. The Morgan fingerprint density at radius 1 is 1.36 bits per heavy atom. The van der Waals surface area contributed by atoms with Crippen LogP contribution in [0.25, 0.3) is 0 Å². The summed E-state index contributed by atoms with van der Waals surface area (Å²) in [6, 6.07) is 4.02. The van der Waals surface area contributed by atoms with Gasteiger partial charge in [-0.15, -0.1) is 0 Å². The molecule has 2 aromatic rings. The van der Waals surface area contributed by atoms with Gasteiger partial charge in [0.1, 0.15) is 11.9 Å². The fourth-order valence-corrected chi connectivity index (χ4v) is 3.80. The van der Waals surface area contributed by atoms with Gasteiger partial charge in [0.25, 0.3) is 5.56 Å². The zero-order valence-corrected chi connectivity index (χ0v) is 14.6. The Bertz CT molecular complexity index is 811. The third-order valence-electron chi connectivity index (χ3n) is 5.09. The van der Waals surface area contributed by atoms with Crippen LogP contribution in [0.4, 0.5) is 0 Å². The molecule has 2 aliphatic rings. The van der Waals surface area contributed by atoms with Crippen LogP contribution >= 0.6 is 0 Å². The minimum Gasteiger partial charge on any atom is -0.474 e. The highest BCUT2D eigenvalue weighted by Crippen LogP contribution is 2.26. The minimum absolute atomic E-state index is 0.0131. The van der Waals surface area contributed by atoms with Crippen LogP contribution in [0.3, 0.4) is 0 Å². The average Bonchev–Trinajstić information content (AvgIpc) is 3.10. The standard InChI is InChI=1S/C19H24N4O2/c1-13-21-17-8-10-23(12-16(17)18(24)22-13)11-14-5-4-9-20-19(14)25-15-6-2-3-7-15/h4-5,9,15H,2-3,6-8,10-12H2,1H3,(H,21,22,24). The fraction of sp³-hybridized carbons (Fsp3) is 0.526. The fourth-order valence-electron chi connectivity index (χ4n) is 3.80. The Hall–Kier alpha value is -2.21. The van der Waals surface area contributed by atoms with Crippen molar-refractivity contribution in [2.45, 2.75) is 58.2 Å². The lowest BCUT2D eigenvalue weighted by Gasteiger charge is -2.28. The van der Waals surface area contributed by atoms with Gasteiger partial charge < -0.3 is 9.72 Å². The second kappa shape index (κ2) is 6.96. The molecule has 0 radical (unpaired) electrons. The number of aromatic nitrogens is 3. The predicted molar refractivity (Wildman–Crippen MR) is 94.5 cm³/mol. The number of nitrogens with one attached hydrogen (secondary N) is 1. The molecule has 25 heavy (non-hydrogen) atoms. The lowest BCUT2D eigenvalue weighted by Crippen LogP contribution is -2.35. The SMILES string of the molecule is Cc1nc2c(c(=O)[nH]1)CN(Cc1cccnc1OC1CCCC1)CC2. The number of rotatable bonds is 4. The molecule has 1 N–H and O–H groups in total. The van der Waals surface area contributed by atoms with Crippen molar-refractivity contribution in [1.29, 1.82) is 0 Å². The summed E-state index contributed by atoms with van der Waals surface area (Å²) in [5, 5.41) is 0. The molecule has 1 fully saturated rings. The van der Waals surface area contributed by atoms with E-state index in [9.17, 15) is 4.79 Å². The van der Waals surface area contributed by atoms with Gasteiger partial charge in [0, 0.05) is 37.8 Å². The van der Waals surface area contributed by atoms with Crippen molar-refractivity contribution in [2.24, 2.45) is 0 Å². The summed E-state index contributed by atoms with van der Waals surface area (Å²) in [6.45, 7) is 4.08. The van der Waals surface area contributed by atoms with E-state index >= 15 is 0 Å². The maximum atomic E-state index is 12.2. The first kappa shape index (κ1) is 16.3. The highest BCUT2D eigenvalue weighted by atomic mass is 16.5. The summed E-state index contributed by atoms with van der Waals surface area (Å²) < 4.78 is 6.14. The van der Waals surface area contributed by atoms with Crippen molar-refractivity contribution >= 4 is 0 Å². The van der Waals surface area contributed by atoms with Gasteiger partial charge in [0.15, 0.2) is 0 Å². The molecule has 1 aliphatic heterocycles. The topological polar surface area (TPSA) is 71.1 Å². The summed E-state index contributed by atoms with van der Waals surface area (Å²) >= 11 is 0. The molecule has 1 saturated carbocycles. The van der Waals surface area contributed by atoms with Gasteiger partial charge >= 0.3 is 0 Å². The number of ether oxygens (including phenoxy) is 1.